The average Bonchev–Trinajstić information content (AvgIpc) is 3.12. The summed E-state index contributed by atoms with van der Waals surface area (Å²) in [4.78, 5) is 48.6. The van der Waals surface area contributed by atoms with Gasteiger partial charge in [0.15, 0.2) is 13.2 Å². The molecule has 0 aliphatic heterocycles. The van der Waals surface area contributed by atoms with Crippen molar-refractivity contribution < 1.29 is 38.1 Å². The van der Waals surface area contributed by atoms with E-state index in [0.29, 0.717) is 51.9 Å². The van der Waals surface area contributed by atoms with Gasteiger partial charge in [0.25, 0.3) is 0 Å². The third-order valence-corrected chi connectivity index (χ3v) is 16.6. The summed E-state index contributed by atoms with van der Waals surface area (Å²) in [6.45, 7) is 17.5. The summed E-state index contributed by atoms with van der Waals surface area (Å²) in [5, 5.41) is 0. The summed E-state index contributed by atoms with van der Waals surface area (Å²) in [5.74, 6) is 4.16. The van der Waals surface area contributed by atoms with Crippen molar-refractivity contribution >= 4 is 23.9 Å². The van der Waals surface area contributed by atoms with E-state index in [-0.39, 0.29) is 36.4 Å². The molecule has 0 N–H and O–H groups in total. The van der Waals surface area contributed by atoms with Gasteiger partial charge in [-0.1, -0.05) is 66.5 Å². The first kappa shape index (κ1) is 40.6. The van der Waals surface area contributed by atoms with Gasteiger partial charge in [-0.2, -0.15) is 0 Å². The molecule has 0 aromatic carbocycles. The first-order valence-corrected chi connectivity index (χ1v) is 22.1. The Kier molecular flexibility index (Phi) is 11.5. The molecule has 306 valence electrons. The Bertz CT molecular complexity index is 1460. The molecule has 0 aromatic heterocycles. The Morgan fingerprint density at radius 2 is 0.945 bits per heavy atom. The summed E-state index contributed by atoms with van der Waals surface area (Å²) < 4.78 is 22.9. The third-order valence-electron chi connectivity index (χ3n) is 16.6. The molecule has 8 bridgehead atoms. The summed E-state index contributed by atoms with van der Waals surface area (Å²) in [6, 6.07) is 0. The lowest BCUT2D eigenvalue weighted by Crippen LogP contribution is -2.65. The van der Waals surface area contributed by atoms with Crippen LogP contribution in [0, 0.1) is 70.0 Å². The van der Waals surface area contributed by atoms with Crippen LogP contribution in [0.1, 0.15) is 150 Å². The quantitative estimate of drug-likeness (QED) is 0.123. The lowest BCUT2D eigenvalue weighted by atomic mass is 9.42. The van der Waals surface area contributed by atoms with Crippen molar-refractivity contribution in [3.63, 3.8) is 0 Å². The standard InChI is InChI=1S/C24H36O4.C23H34O4/c1-15(2)22(26)27-14-21(25)28-24(18-7-5-16(3)6-8-18)19-9-17-10-20(24)13-23(4,11-17)12-19;1-4-20(24)26-14-21(25)27-23(17-7-5-15(2)6-8-17)18-9-16-10-19(23)13-22(3,11-16)12-18/h16-20H,1,5-14H2,2-4H3;4,15-19H,1,5-14H2,2-3H3. The fraction of sp³-hybridized carbons (Fsp3) is 0.830. The fourth-order valence-electron chi connectivity index (χ4n) is 14.9. The zero-order chi connectivity index (χ0) is 39.3. The van der Waals surface area contributed by atoms with Gasteiger partial charge in [0.1, 0.15) is 11.2 Å². The van der Waals surface area contributed by atoms with Crippen LogP contribution < -0.4 is 0 Å². The Labute approximate surface area is 330 Å². The SMILES string of the molecule is C=C(C)C(=O)OCC(=O)OC1(C2CCC(C)CC2)C2CC3CC1CC(C)(C3)C2.C=CC(=O)OCC(=O)OC1(C2CCC(C)CC2)C2CC3CC1CC(C)(C3)C2. The molecule has 10 aliphatic carbocycles. The minimum Gasteiger partial charge on any atom is -0.456 e. The van der Waals surface area contributed by atoms with Gasteiger partial charge in [0.05, 0.1) is 0 Å². The maximum Gasteiger partial charge on any atom is 0.344 e. The first-order valence-electron chi connectivity index (χ1n) is 22.1. The molecule has 0 spiro atoms. The fourth-order valence-corrected chi connectivity index (χ4v) is 14.9. The molecule has 8 heteroatoms. The van der Waals surface area contributed by atoms with Crippen LogP contribution in [0.5, 0.6) is 0 Å². The van der Waals surface area contributed by atoms with Crippen molar-refractivity contribution in [2.24, 2.45) is 70.0 Å². The predicted octanol–water partition coefficient (Wildman–Crippen LogP) is 9.73. The van der Waals surface area contributed by atoms with Crippen molar-refractivity contribution in [1.82, 2.24) is 0 Å². The van der Waals surface area contributed by atoms with E-state index in [2.05, 4.69) is 40.9 Å². The van der Waals surface area contributed by atoms with Crippen LogP contribution in [0.15, 0.2) is 24.8 Å². The molecule has 0 radical (unpaired) electrons. The Hall–Kier alpha value is -2.64. The minimum atomic E-state index is -0.565. The molecule has 8 nitrogen and oxygen atoms in total. The number of ether oxygens (including phenoxy) is 4. The van der Waals surface area contributed by atoms with Gasteiger partial charge in [-0.3, -0.25) is 0 Å². The van der Waals surface area contributed by atoms with Crippen LogP contribution in [0.3, 0.4) is 0 Å². The zero-order valence-corrected chi connectivity index (χ0v) is 34.7. The molecule has 4 atom stereocenters. The number of hydrogen-bond donors (Lipinski definition) is 0. The first-order chi connectivity index (χ1) is 26.1. The predicted molar refractivity (Wildman–Crippen MR) is 210 cm³/mol. The van der Waals surface area contributed by atoms with E-state index in [1.165, 1.54) is 89.9 Å². The van der Waals surface area contributed by atoms with Gasteiger partial charge in [0, 0.05) is 35.3 Å². The van der Waals surface area contributed by atoms with E-state index in [1.807, 2.05) is 0 Å². The molecule has 10 aliphatic rings. The van der Waals surface area contributed by atoms with E-state index < -0.39 is 11.9 Å². The molecule has 4 unspecified atom stereocenters. The molecular formula is C47H70O8. The van der Waals surface area contributed by atoms with Crippen molar-refractivity contribution in [2.45, 2.75) is 161 Å². The number of esters is 4. The molecule has 0 aromatic rings. The van der Waals surface area contributed by atoms with Crippen molar-refractivity contribution in [3.05, 3.63) is 24.8 Å². The van der Waals surface area contributed by atoms with Crippen LogP contribution in [0.2, 0.25) is 0 Å². The highest BCUT2D eigenvalue weighted by molar-refractivity contribution is 5.88. The Morgan fingerprint density at radius 3 is 1.27 bits per heavy atom. The molecule has 10 rings (SSSR count). The highest BCUT2D eigenvalue weighted by Gasteiger charge is 2.67. The Morgan fingerprint density at radius 1 is 0.582 bits per heavy atom. The van der Waals surface area contributed by atoms with Crippen LogP contribution in [-0.4, -0.2) is 48.3 Å². The van der Waals surface area contributed by atoms with E-state index in [1.54, 1.807) is 6.92 Å². The summed E-state index contributed by atoms with van der Waals surface area (Å²) in [5.41, 5.74) is 0.522. The maximum absolute atomic E-state index is 12.8. The smallest absolute Gasteiger partial charge is 0.344 e. The number of rotatable bonds is 10. The number of hydrogen-bond acceptors (Lipinski definition) is 8. The van der Waals surface area contributed by atoms with E-state index in [9.17, 15) is 19.2 Å². The van der Waals surface area contributed by atoms with Gasteiger partial charge in [-0.15, -0.1) is 0 Å². The average molecular weight is 763 g/mol. The van der Waals surface area contributed by atoms with Crippen LogP contribution in [-0.2, 0) is 38.1 Å². The van der Waals surface area contributed by atoms with Crippen LogP contribution >= 0.6 is 0 Å². The molecule has 0 amide bonds. The second-order valence-electron chi connectivity index (χ2n) is 21.0. The van der Waals surface area contributed by atoms with Gasteiger partial charge < -0.3 is 18.9 Å². The van der Waals surface area contributed by atoms with Gasteiger partial charge in [-0.25, -0.2) is 19.2 Å². The van der Waals surface area contributed by atoms with Gasteiger partial charge in [-0.05, 0) is 143 Å². The van der Waals surface area contributed by atoms with Crippen molar-refractivity contribution in [2.75, 3.05) is 13.2 Å². The maximum atomic E-state index is 12.8. The Balaban J connectivity index is 0.000000169. The second-order valence-corrected chi connectivity index (χ2v) is 21.0. The highest BCUT2D eigenvalue weighted by Crippen LogP contribution is 2.69. The van der Waals surface area contributed by atoms with E-state index in [4.69, 9.17) is 18.9 Å². The summed E-state index contributed by atoms with van der Waals surface area (Å²) in [6.07, 6.45) is 22.9. The van der Waals surface area contributed by atoms with E-state index >= 15 is 0 Å². The topological polar surface area (TPSA) is 105 Å². The molecular weight excluding hydrogens is 693 g/mol. The minimum absolute atomic E-state index is 0.295. The zero-order valence-electron chi connectivity index (χ0n) is 34.7. The molecule has 0 heterocycles. The summed E-state index contributed by atoms with van der Waals surface area (Å²) in [7, 11) is 0. The van der Waals surface area contributed by atoms with Crippen molar-refractivity contribution in [3.8, 4) is 0 Å². The lowest BCUT2D eigenvalue weighted by molar-refractivity contribution is -0.248. The molecule has 55 heavy (non-hydrogen) atoms. The van der Waals surface area contributed by atoms with Crippen LogP contribution in [0.4, 0.5) is 0 Å². The number of carbonyl (C=O) groups excluding carboxylic acids is 4. The van der Waals surface area contributed by atoms with Crippen molar-refractivity contribution in [1.29, 1.82) is 0 Å². The lowest BCUT2D eigenvalue weighted by Gasteiger charge is -2.66. The molecule has 10 fully saturated rings. The number of carbonyl (C=O) groups is 4. The highest BCUT2D eigenvalue weighted by atomic mass is 16.6. The van der Waals surface area contributed by atoms with E-state index in [0.717, 1.165) is 55.4 Å². The van der Waals surface area contributed by atoms with Gasteiger partial charge >= 0.3 is 23.9 Å². The van der Waals surface area contributed by atoms with Crippen LogP contribution in [0.25, 0.3) is 0 Å². The largest absolute Gasteiger partial charge is 0.456 e. The third kappa shape index (κ3) is 7.96. The molecule has 0 saturated heterocycles. The second kappa shape index (κ2) is 15.6. The monoisotopic (exact) mass is 763 g/mol. The van der Waals surface area contributed by atoms with Gasteiger partial charge in [0.2, 0.25) is 0 Å². The molecule has 10 saturated carbocycles. The summed E-state index contributed by atoms with van der Waals surface area (Å²) >= 11 is 0. The normalized spacial score (nSPS) is 44.7.